The molecule has 1 unspecified atom stereocenters. The number of sulfone groups is 1. The van der Waals surface area contributed by atoms with Gasteiger partial charge in [-0.25, -0.2) is 8.42 Å². The molecule has 2 rings (SSSR count). The SMILES string of the molecule is CC(=O)N(CCNC(=O)Cc1ccccc1)C1CCS(=O)(=O)C1. The van der Waals surface area contributed by atoms with Crippen molar-refractivity contribution in [1.29, 1.82) is 0 Å². The van der Waals surface area contributed by atoms with Crippen molar-refractivity contribution in [3.63, 3.8) is 0 Å². The highest BCUT2D eigenvalue weighted by atomic mass is 32.2. The monoisotopic (exact) mass is 338 g/mol. The largest absolute Gasteiger partial charge is 0.354 e. The second-order valence-corrected chi connectivity index (χ2v) is 8.01. The molecule has 126 valence electrons. The van der Waals surface area contributed by atoms with Crippen molar-refractivity contribution < 1.29 is 18.0 Å². The summed E-state index contributed by atoms with van der Waals surface area (Å²) in [6.07, 6.45) is 0.762. The van der Waals surface area contributed by atoms with Crippen LogP contribution >= 0.6 is 0 Å². The Balaban J connectivity index is 1.81. The molecule has 1 heterocycles. The number of nitrogens with zero attached hydrogens (tertiary/aromatic N) is 1. The van der Waals surface area contributed by atoms with Crippen LogP contribution in [0.5, 0.6) is 0 Å². The molecule has 1 N–H and O–H groups in total. The summed E-state index contributed by atoms with van der Waals surface area (Å²) < 4.78 is 23.1. The van der Waals surface area contributed by atoms with E-state index in [1.165, 1.54) is 6.92 Å². The predicted molar refractivity (Wildman–Crippen MR) is 87.6 cm³/mol. The summed E-state index contributed by atoms with van der Waals surface area (Å²) in [5.41, 5.74) is 0.926. The van der Waals surface area contributed by atoms with Gasteiger partial charge in [-0.1, -0.05) is 30.3 Å². The standard InChI is InChI=1S/C16H22N2O4S/c1-13(19)18(15-7-10-23(21,22)12-15)9-8-17-16(20)11-14-5-3-2-4-6-14/h2-6,15H,7-12H2,1H3,(H,17,20). The molecule has 2 amide bonds. The van der Waals surface area contributed by atoms with Crippen LogP contribution in [0.4, 0.5) is 0 Å². The fraction of sp³-hybridized carbons (Fsp3) is 0.500. The van der Waals surface area contributed by atoms with E-state index in [-0.39, 0.29) is 29.4 Å². The zero-order chi connectivity index (χ0) is 16.9. The molecule has 0 aromatic heterocycles. The average Bonchev–Trinajstić information content (AvgIpc) is 2.84. The molecular weight excluding hydrogens is 316 g/mol. The van der Waals surface area contributed by atoms with E-state index in [0.717, 1.165) is 5.56 Å². The number of amides is 2. The molecule has 0 radical (unpaired) electrons. The first-order valence-electron chi connectivity index (χ1n) is 7.65. The van der Waals surface area contributed by atoms with E-state index in [9.17, 15) is 18.0 Å². The van der Waals surface area contributed by atoms with Crippen molar-refractivity contribution >= 4 is 21.7 Å². The normalized spacial score (nSPS) is 19.3. The lowest BCUT2D eigenvalue weighted by atomic mass is 10.1. The Kier molecular flexibility index (Phi) is 5.76. The highest BCUT2D eigenvalue weighted by Gasteiger charge is 2.33. The zero-order valence-corrected chi connectivity index (χ0v) is 14.0. The minimum atomic E-state index is -3.04. The molecule has 7 heteroatoms. The summed E-state index contributed by atoms with van der Waals surface area (Å²) in [5.74, 6) is -0.130. The number of carbonyl (C=O) groups is 2. The van der Waals surface area contributed by atoms with E-state index in [1.807, 2.05) is 30.3 Å². The molecule has 0 saturated carbocycles. The van der Waals surface area contributed by atoms with Gasteiger partial charge in [-0.3, -0.25) is 9.59 Å². The van der Waals surface area contributed by atoms with Crippen molar-refractivity contribution in [3.05, 3.63) is 35.9 Å². The van der Waals surface area contributed by atoms with Gasteiger partial charge in [0.1, 0.15) is 0 Å². The predicted octanol–water partition coefficient (Wildman–Crippen LogP) is 0.381. The number of nitrogens with one attached hydrogen (secondary N) is 1. The van der Waals surface area contributed by atoms with E-state index in [0.29, 0.717) is 25.9 Å². The second-order valence-electron chi connectivity index (χ2n) is 5.78. The lowest BCUT2D eigenvalue weighted by Crippen LogP contribution is -2.44. The van der Waals surface area contributed by atoms with Crippen LogP contribution in [0, 0.1) is 0 Å². The quantitative estimate of drug-likeness (QED) is 0.813. The van der Waals surface area contributed by atoms with Crippen LogP contribution in [0.3, 0.4) is 0 Å². The Hall–Kier alpha value is -1.89. The van der Waals surface area contributed by atoms with Crippen LogP contribution in [-0.2, 0) is 25.8 Å². The minimum Gasteiger partial charge on any atom is -0.354 e. The molecule has 1 aromatic carbocycles. The Morgan fingerprint density at radius 2 is 1.96 bits per heavy atom. The highest BCUT2D eigenvalue weighted by molar-refractivity contribution is 7.91. The van der Waals surface area contributed by atoms with Gasteiger partial charge >= 0.3 is 0 Å². The molecule has 23 heavy (non-hydrogen) atoms. The van der Waals surface area contributed by atoms with Crippen molar-refractivity contribution in [2.75, 3.05) is 24.6 Å². The number of hydrogen-bond donors (Lipinski definition) is 1. The fourth-order valence-corrected chi connectivity index (χ4v) is 4.51. The second kappa shape index (κ2) is 7.59. The van der Waals surface area contributed by atoms with E-state index >= 15 is 0 Å². The van der Waals surface area contributed by atoms with Crippen molar-refractivity contribution in [1.82, 2.24) is 10.2 Å². The molecule has 0 aliphatic carbocycles. The van der Waals surface area contributed by atoms with Crippen molar-refractivity contribution in [3.8, 4) is 0 Å². The van der Waals surface area contributed by atoms with Crippen LogP contribution in [0.15, 0.2) is 30.3 Å². The maximum absolute atomic E-state index is 11.9. The Labute approximate surface area is 136 Å². The third-order valence-electron chi connectivity index (χ3n) is 3.94. The molecule has 0 spiro atoms. The lowest BCUT2D eigenvalue weighted by Gasteiger charge is -2.27. The first-order valence-corrected chi connectivity index (χ1v) is 9.48. The van der Waals surface area contributed by atoms with Gasteiger partial charge in [0.15, 0.2) is 9.84 Å². The summed E-state index contributed by atoms with van der Waals surface area (Å²) in [4.78, 5) is 25.2. The van der Waals surface area contributed by atoms with Gasteiger partial charge in [-0.05, 0) is 12.0 Å². The minimum absolute atomic E-state index is 0.0184. The summed E-state index contributed by atoms with van der Waals surface area (Å²) in [5, 5.41) is 2.78. The van der Waals surface area contributed by atoms with Gasteiger partial charge in [0.25, 0.3) is 0 Å². The first kappa shape index (κ1) is 17.5. The molecule has 1 aromatic rings. The van der Waals surface area contributed by atoms with E-state index in [4.69, 9.17) is 0 Å². The first-order chi connectivity index (χ1) is 10.9. The average molecular weight is 338 g/mol. The summed E-state index contributed by atoms with van der Waals surface area (Å²) in [6, 6.07) is 9.13. The number of carbonyl (C=O) groups excluding carboxylic acids is 2. The Morgan fingerprint density at radius 3 is 2.52 bits per heavy atom. The topological polar surface area (TPSA) is 83.6 Å². The summed E-state index contributed by atoms with van der Waals surface area (Å²) in [6.45, 7) is 2.08. The van der Waals surface area contributed by atoms with Crippen LogP contribution in [0.2, 0.25) is 0 Å². The smallest absolute Gasteiger partial charge is 0.224 e. The zero-order valence-electron chi connectivity index (χ0n) is 13.2. The van der Waals surface area contributed by atoms with E-state index in [1.54, 1.807) is 4.90 Å². The molecule has 1 saturated heterocycles. The van der Waals surface area contributed by atoms with Crippen LogP contribution in [-0.4, -0.2) is 55.8 Å². The molecular formula is C16H22N2O4S. The van der Waals surface area contributed by atoms with Gasteiger partial charge in [0.2, 0.25) is 11.8 Å². The van der Waals surface area contributed by atoms with Crippen LogP contribution < -0.4 is 5.32 Å². The van der Waals surface area contributed by atoms with Crippen LogP contribution in [0.25, 0.3) is 0 Å². The van der Waals surface area contributed by atoms with Gasteiger partial charge in [0.05, 0.1) is 17.9 Å². The third-order valence-corrected chi connectivity index (χ3v) is 5.69. The maximum atomic E-state index is 11.9. The maximum Gasteiger partial charge on any atom is 0.224 e. The molecule has 1 fully saturated rings. The number of benzene rings is 1. The van der Waals surface area contributed by atoms with Gasteiger partial charge in [0, 0.05) is 26.1 Å². The fourth-order valence-electron chi connectivity index (χ4n) is 2.78. The summed E-state index contributed by atoms with van der Waals surface area (Å²) in [7, 11) is -3.04. The van der Waals surface area contributed by atoms with Crippen LogP contribution in [0.1, 0.15) is 18.9 Å². The molecule has 1 aliphatic rings. The van der Waals surface area contributed by atoms with Gasteiger partial charge in [-0.15, -0.1) is 0 Å². The summed E-state index contributed by atoms with van der Waals surface area (Å²) >= 11 is 0. The van der Waals surface area contributed by atoms with E-state index in [2.05, 4.69) is 5.32 Å². The molecule has 1 aliphatic heterocycles. The third kappa shape index (κ3) is 5.35. The number of hydrogen-bond acceptors (Lipinski definition) is 4. The van der Waals surface area contributed by atoms with Crippen molar-refractivity contribution in [2.24, 2.45) is 0 Å². The van der Waals surface area contributed by atoms with Crippen molar-refractivity contribution in [2.45, 2.75) is 25.8 Å². The van der Waals surface area contributed by atoms with Gasteiger partial charge < -0.3 is 10.2 Å². The number of rotatable bonds is 6. The molecule has 6 nitrogen and oxygen atoms in total. The molecule has 1 atom stereocenters. The molecule has 0 bridgehead atoms. The van der Waals surface area contributed by atoms with E-state index < -0.39 is 9.84 Å². The Morgan fingerprint density at radius 1 is 1.26 bits per heavy atom. The Bertz CT molecular complexity index is 658. The lowest BCUT2D eigenvalue weighted by molar-refractivity contribution is -0.131. The highest BCUT2D eigenvalue weighted by Crippen LogP contribution is 2.17. The van der Waals surface area contributed by atoms with Gasteiger partial charge in [-0.2, -0.15) is 0 Å².